The molecular formula is C20H32. The van der Waals surface area contributed by atoms with E-state index < -0.39 is 0 Å². The van der Waals surface area contributed by atoms with Gasteiger partial charge in [0.05, 0.1) is 0 Å². The van der Waals surface area contributed by atoms with Crippen molar-refractivity contribution in [3.8, 4) is 0 Å². The zero-order valence-electron chi connectivity index (χ0n) is 13.6. The maximum absolute atomic E-state index is 3.45. The van der Waals surface area contributed by atoms with Crippen LogP contribution >= 0.6 is 0 Å². The quantitative estimate of drug-likeness (QED) is 0.391. The van der Waals surface area contributed by atoms with Crippen molar-refractivity contribution in [1.29, 1.82) is 0 Å². The largest absolute Gasteiger partial charge is 0.0654 e. The van der Waals surface area contributed by atoms with E-state index in [1.54, 1.807) is 0 Å². The molecule has 0 amide bonds. The van der Waals surface area contributed by atoms with Gasteiger partial charge in [-0.1, -0.05) is 77.3 Å². The van der Waals surface area contributed by atoms with E-state index in [1.807, 2.05) is 0 Å². The number of unbranched alkanes of at least 4 members (excludes halogenated alkanes) is 8. The fraction of sp³-hybridized carbons (Fsp3) is 0.700. The molecule has 2 radical (unpaired) electrons. The highest BCUT2D eigenvalue weighted by atomic mass is 14.0. The summed E-state index contributed by atoms with van der Waals surface area (Å²) in [5, 5.41) is 0. The lowest BCUT2D eigenvalue weighted by Crippen LogP contribution is -1.90. The number of hydrogen-bond donors (Lipinski definition) is 0. The predicted molar refractivity (Wildman–Crippen MR) is 89.0 cm³/mol. The molecule has 0 aromatic heterocycles. The Morgan fingerprint density at radius 3 is 1.35 bits per heavy atom. The molecule has 20 heavy (non-hydrogen) atoms. The smallest absolute Gasteiger partial charge is 0.0146 e. The molecule has 0 unspecified atom stereocenters. The standard InChI is InChI=1S/C20H32/c1-3-5-7-9-11-13-19-15-17-20(18-16-19)14-12-10-8-6-4-2/h15,18H,3-14H2,1-2H3. The van der Waals surface area contributed by atoms with Crippen molar-refractivity contribution >= 4 is 0 Å². The average Bonchev–Trinajstić information content (AvgIpc) is 2.48. The van der Waals surface area contributed by atoms with Crippen LogP contribution in [0.5, 0.6) is 0 Å². The van der Waals surface area contributed by atoms with Gasteiger partial charge in [-0.3, -0.25) is 0 Å². The molecule has 0 heteroatoms. The van der Waals surface area contributed by atoms with Crippen LogP contribution in [0.15, 0.2) is 12.1 Å². The molecule has 1 aromatic carbocycles. The van der Waals surface area contributed by atoms with Gasteiger partial charge in [0.25, 0.3) is 0 Å². The fourth-order valence-electron chi connectivity index (χ4n) is 2.57. The monoisotopic (exact) mass is 272 g/mol. The maximum atomic E-state index is 3.45. The first-order valence-electron chi connectivity index (χ1n) is 8.78. The minimum atomic E-state index is 1.18. The van der Waals surface area contributed by atoms with E-state index in [0.29, 0.717) is 0 Å². The Labute approximate surface area is 127 Å². The summed E-state index contributed by atoms with van der Waals surface area (Å²) in [6, 6.07) is 11.2. The molecule has 0 heterocycles. The molecule has 0 fully saturated rings. The van der Waals surface area contributed by atoms with E-state index in [9.17, 15) is 0 Å². The van der Waals surface area contributed by atoms with Crippen molar-refractivity contribution in [3.05, 3.63) is 35.4 Å². The van der Waals surface area contributed by atoms with Gasteiger partial charge in [-0.15, -0.1) is 0 Å². The topological polar surface area (TPSA) is 0 Å². The molecule has 0 aliphatic rings. The van der Waals surface area contributed by atoms with Crippen LogP contribution in [-0.2, 0) is 12.8 Å². The van der Waals surface area contributed by atoms with Crippen molar-refractivity contribution in [2.24, 2.45) is 0 Å². The third-order valence-corrected chi connectivity index (χ3v) is 3.96. The van der Waals surface area contributed by atoms with Crippen LogP contribution in [0.3, 0.4) is 0 Å². The van der Waals surface area contributed by atoms with Gasteiger partial charge in [0, 0.05) is 0 Å². The lowest BCUT2D eigenvalue weighted by atomic mass is 10.0. The molecule has 1 rings (SSSR count). The third kappa shape index (κ3) is 8.40. The molecule has 0 saturated carbocycles. The van der Waals surface area contributed by atoms with Crippen molar-refractivity contribution in [2.45, 2.75) is 90.9 Å². The number of benzene rings is 1. The normalized spacial score (nSPS) is 10.9. The van der Waals surface area contributed by atoms with Gasteiger partial charge in [0.1, 0.15) is 0 Å². The SMILES string of the molecule is CCCCCCCc1[c]cc(CCCCCCC)[c]c1. The molecule has 0 aliphatic heterocycles. The highest BCUT2D eigenvalue weighted by molar-refractivity contribution is 5.20. The van der Waals surface area contributed by atoms with Crippen LogP contribution in [0.25, 0.3) is 0 Å². The summed E-state index contributed by atoms with van der Waals surface area (Å²) in [6.45, 7) is 4.54. The second-order valence-electron chi connectivity index (χ2n) is 5.96. The van der Waals surface area contributed by atoms with Crippen LogP contribution in [0.1, 0.15) is 89.2 Å². The summed E-state index contributed by atoms with van der Waals surface area (Å²) in [5.41, 5.74) is 2.69. The van der Waals surface area contributed by atoms with Gasteiger partial charge < -0.3 is 0 Å². The minimum absolute atomic E-state index is 1.18. The van der Waals surface area contributed by atoms with Crippen molar-refractivity contribution in [2.75, 3.05) is 0 Å². The molecule has 0 N–H and O–H groups in total. The van der Waals surface area contributed by atoms with Gasteiger partial charge in [-0.25, -0.2) is 0 Å². The van der Waals surface area contributed by atoms with E-state index in [2.05, 4.69) is 38.1 Å². The van der Waals surface area contributed by atoms with Crippen LogP contribution in [-0.4, -0.2) is 0 Å². The molecule has 1 aromatic rings. The molecule has 0 saturated heterocycles. The van der Waals surface area contributed by atoms with Crippen LogP contribution in [0, 0.1) is 12.1 Å². The Balaban J connectivity index is 2.13. The van der Waals surface area contributed by atoms with Crippen molar-refractivity contribution in [1.82, 2.24) is 0 Å². The Morgan fingerprint density at radius 1 is 0.600 bits per heavy atom. The fourth-order valence-corrected chi connectivity index (χ4v) is 2.57. The predicted octanol–water partition coefficient (Wildman–Crippen LogP) is 6.31. The molecule has 0 aliphatic carbocycles. The summed E-state index contributed by atoms with van der Waals surface area (Å²) in [4.78, 5) is 0. The Hall–Kier alpha value is -0.780. The highest BCUT2D eigenvalue weighted by Crippen LogP contribution is 2.12. The van der Waals surface area contributed by atoms with E-state index in [0.717, 1.165) is 0 Å². The van der Waals surface area contributed by atoms with E-state index in [1.165, 1.54) is 88.2 Å². The lowest BCUT2D eigenvalue weighted by Gasteiger charge is -2.04. The van der Waals surface area contributed by atoms with Crippen molar-refractivity contribution in [3.63, 3.8) is 0 Å². The van der Waals surface area contributed by atoms with Crippen LogP contribution < -0.4 is 0 Å². The first kappa shape index (κ1) is 17.3. The summed E-state index contributed by atoms with van der Waals surface area (Å²) in [6.07, 6.45) is 15.9. The minimum Gasteiger partial charge on any atom is -0.0654 e. The van der Waals surface area contributed by atoms with Gasteiger partial charge in [-0.2, -0.15) is 0 Å². The zero-order valence-corrected chi connectivity index (χ0v) is 13.6. The number of hydrogen-bond acceptors (Lipinski definition) is 0. The van der Waals surface area contributed by atoms with Gasteiger partial charge in [-0.05, 0) is 48.9 Å². The Morgan fingerprint density at radius 2 is 1.00 bits per heavy atom. The number of rotatable bonds is 12. The Bertz CT molecular complexity index is 276. The van der Waals surface area contributed by atoms with Crippen molar-refractivity contribution < 1.29 is 0 Å². The summed E-state index contributed by atoms with van der Waals surface area (Å²) in [7, 11) is 0. The zero-order chi connectivity index (χ0) is 14.5. The van der Waals surface area contributed by atoms with E-state index in [4.69, 9.17) is 0 Å². The average molecular weight is 272 g/mol. The Kier molecular flexibility index (Phi) is 10.4. The molecule has 112 valence electrons. The van der Waals surface area contributed by atoms with Gasteiger partial charge in [0.15, 0.2) is 0 Å². The van der Waals surface area contributed by atoms with E-state index in [-0.39, 0.29) is 0 Å². The van der Waals surface area contributed by atoms with Gasteiger partial charge >= 0.3 is 0 Å². The second-order valence-corrected chi connectivity index (χ2v) is 5.96. The molecule has 0 bridgehead atoms. The molecular weight excluding hydrogens is 240 g/mol. The molecule has 0 spiro atoms. The number of aryl methyl sites for hydroxylation is 2. The van der Waals surface area contributed by atoms with Crippen LogP contribution in [0.2, 0.25) is 0 Å². The van der Waals surface area contributed by atoms with Crippen LogP contribution in [0.4, 0.5) is 0 Å². The van der Waals surface area contributed by atoms with E-state index >= 15 is 0 Å². The first-order chi connectivity index (χ1) is 9.86. The second kappa shape index (κ2) is 12.0. The summed E-state index contributed by atoms with van der Waals surface area (Å²) < 4.78 is 0. The third-order valence-electron chi connectivity index (χ3n) is 3.96. The summed E-state index contributed by atoms with van der Waals surface area (Å²) >= 11 is 0. The van der Waals surface area contributed by atoms with Gasteiger partial charge in [0.2, 0.25) is 0 Å². The first-order valence-corrected chi connectivity index (χ1v) is 8.78. The maximum Gasteiger partial charge on any atom is -0.0146 e. The molecule has 0 nitrogen and oxygen atoms in total. The summed E-state index contributed by atoms with van der Waals surface area (Å²) in [5.74, 6) is 0. The molecule has 0 atom stereocenters. The highest BCUT2D eigenvalue weighted by Gasteiger charge is 1.97. The lowest BCUT2D eigenvalue weighted by molar-refractivity contribution is 0.629.